The Balaban J connectivity index is 2.59. The fraction of sp³-hybridized carbons (Fsp3) is 0.385. The molecule has 2 rings (SSSR count). The van der Waals surface area contributed by atoms with Crippen molar-refractivity contribution in [3.63, 3.8) is 0 Å². The van der Waals surface area contributed by atoms with Crippen LogP contribution in [0.1, 0.15) is 22.6 Å². The molecule has 0 aliphatic heterocycles. The van der Waals surface area contributed by atoms with Gasteiger partial charge in [-0.25, -0.2) is 13.4 Å². The first-order chi connectivity index (χ1) is 10.4. The van der Waals surface area contributed by atoms with Crippen LogP contribution in [0.15, 0.2) is 17.2 Å². The van der Waals surface area contributed by atoms with Gasteiger partial charge in [-0.1, -0.05) is 0 Å². The zero-order valence-corrected chi connectivity index (χ0v) is 13.7. The summed E-state index contributed by atoms with van der Waals surface area (Å²) in [5.74, 6) is 0. The summed E-state index contributed by atoms with van der Waals surface area (Å²) >= 11 is 0. The number of halogens is 3. The molecule has 6 nitrogen and oxygen atoms in total. The molecule has 0 spiro atoms. The molecule has 0 aromatic carbocycles. The standard InChI is InChI=1S/C13H15F3N4O2S/c1-7-5-6-17-12(13(14,15)16)10(7)19-23(21,22)11-8(2)18-20(4)9(11)3/h5-6,19H,1-4H3. The first kappa shape index (κ1) is 17.3. The first-order valence-electron chi connectivity index (χ1n) is 6.51. The second-order valence-electron chi connectivity index (χ2n) is 5.08. The van der Waals surface area contributed by atoms with Gasteiger partial charge in [-0.05, 0) is 32.4 Å². The summed E-state index contributed by atoms with van der Waals surface area (Å²) in [6, 6.07) is 1.30. The van der Waals surface area contributed by atoms with Gasteiger partial charge in [0.15, 0.2) is 5.69 Å². The number of alkyl halides is 3. The van der Waals surface area contributed by atoms with E-state index in [-0.39, 0.29) is 16.2 Å². The van der Waals surface area contributed by atoms with Gasteiger partial charge < -0.3 is 0 Å². The lowest BCUT2D eigenvalue weighted by Gasteiger charge is -2.16. The summed E-state index contributed by atoms with van der Waals surface area (Å²) in [5.41, 5.74) is -1.21. The lowest BCUT2D eigenvalue weighted by Crippen LogP contribution is -2.20. The van der Waals surface area contributed by atoms with E-state index in [0.717, 1.165) is 6.20 Å². The lowest BCUT2D eigenvalue weighted by molar-refractivity contribution is -0.140. The van der Waals surface area contributed by atoms with Crippen LogP contribution in [0.25, 0.3) is 0 Å². The van der Waals surface area contributed by atoms with Crippen LogP contribution in [0.5, 0.6) is 0 Å². The topological polar surface area (TPSA) is 76.9 Å². The third kappa shape index (κ3) is 3.16. The number of nitrogens with zero attached hydrogens (tertiary/aromatic N) is 3. The van der Waals surface area contributed by atoms with Crippen LogP contribution in [0.4, 0.5) is 18.9 Å². The Morgan fingerprint density at radius 1 is 1.22 bits per heavy atom. The lowest BCUT2D eigenvalue weighted by atomic mass is 10.2. The highest BCUT2D eigenvalue weighted by Gasteiger charge is 2.37. The van der Waals surface area contributed by atoms with E-state index in [0.29, 0.717) is 5.69 Å². The Kier molecular flexibility index (Phi) is 4.14. The molecule has 0 atom stereocenters. The predicted molar refractivity (Wildman–Crippen MR) is 77.5 cm³/mol. The minimum absolute atomic E-state index is 0.120. The SMILES string of the molecule is Cc1ccnc(C(F)(F)F)c1NS(=O)(=O)c1c(C)nn(C)c1C. The number of hydrogen-bond acceptors (Lipinski definition) is 4. The normalized spacial score (nSPS) is 12.5. The van der Waals surface area contributed by atoms with Gasteiger partial charge in [-0.3, -0.25) is 9.40 Å². The van der Waals surface area contributed by atoms with Gasteiger partial charge >= 0.3 is 6.18 Å². The molecule has 0 aliphatic rings. The Hall–Kier alpha value is -2.10. The summed E-state index contributed by atoms with van der Waals surface area (Å²) in [6.07, 6.45) is -3.79. The van der Waals surface area contributed by atoms with Crippen molar-refractivity contribution < 1.29 is 21.6 Å². The molecule has 2 heterocycles. The van der Waals surface area contributed by atoms with Gasteiger partial charge in [-0.15, -0.1) is 0 Å². The monoisotopic (exact) mass is 348 g/mol. The van der Waals surface area contributed by atoms with Gasteiger partial charge in [0.05, 0.1) is 17.1 Å². The Bertz CT molecular complexity index is 857. The summed E-state index contributed by atoms with van der Waals surface area (Å²) < 4.78 is 67.6. The minimum atomic E-state index is -4.77. The highest BCUT2D eigenvalue weighted by atomic mass is 32.2. The van der Waals surface area contributed by atoms with Crippen LogP contribution in [0, 0.1) is 20.8 Å². The van der Waals surface area contributed by atoms with E-state index in [2.05, 4.69) is 10.1 Å². The number of aryl methyl sites for hydroxylation is 3. The molecule has 0 amide bonds. The van der Waals surface area contributed by atoms with E-state index in [9.17, 15) is 21.6 Å². The molecule has 1 N–H and O–H groups in total. The fourth-order valence-corrected chi connectivity index (χ4v) is 3.81. The number of hydrogen-bond donors (Lipinski definition) is 1. The molecule has 0 fully saturated rings. The van der Waals surface area contributed by atoms with Crippen LogP contribution in [-0.2, 0) is 23.2 Å². The third-order valence-corrected chi connectivity index (χ3v) is 4.98. The number of aromatic nitrogens is 3. The third-order valence-electron chi connectivity index (χ3n) is 3.38. The molecule has 0 saturated heterocycles. The zero-order chi connectivity index (χ0) is 17.6. The van der Waals surface area contributed by atoms with Gasteiger partial charge in [0.2, 0.25) is 0 Å². The van der Waals surface area contributed by atoms with Crippen LogP contribution >= 0.6 is 0 Å². The smallest absolute Gasteiger partial charge is 0.277 e. The fourth-order valence-electron chi connectivity index (χ4n) is 2.23. The molecule has 0 saturated carbocycles. The van der Waals surface area contributed by atoms with Crippen molar-refractivity contribution in [2.24, 2.45) is 7.05 Å². The van der Waals surface area contributed by atoms with Gasteiger partial charge in [-0.2, -0.15) is 18.3 Å². The van der Waals surface area contributed by atoms with E-state index in [4.69, 9.17) is 0 Å². The van der Waals surface area contributed by atoms with Crippen molar-refractivity contribution in [1.29, 1.82) is 0 Å². The average molecular weight is 348 g/mol. The van der Waals surface area contributed by atoms with E-state index >= 15 is 0 Å². The average Bonchev–Trinajstić information content (AvgIpc) is 2.64. The Morgan fingerprint density at radius 2 is 1.83 bits per heavy atom. The second-order valence-corrected chi connectivity index (χ2v) is 6.70. The number of rotatable bonds is 3. The van der Waals surface area contributed by atoms with Gasteiger partial charge in [0.25, 0.3) is 10.0 Å². The van der Waals surface area contributed by atoms with Crippen molar-refractivity contribution in [2.45, 2.75) is 31.8 Å². The van der Waals surface area contributed by atoms with E-state index in [1.54, 1.807) is 7.05 Å². The minimum Gasteiger partial charge on any atom is -0.277 e. The van der Waals surface area contributed by atoms with Gasteiger partial charge in [0, 0.05) is 13.2 Å². The van der Waals surface area contributed by atoms with E-state index in [1.165, 1.54) is 31.5 Å². The highest BCUT2D eigenvalue weighted by molar-refractivity contribution is 7.92. The largest absolute Gasteiger partial charge is 0.435 e. The maximum Gasteiger partial charge on any atom is 0.435 e. The number of pyridine rings is 1. The maximum atomic E-state index is 13.1. The van der Waals surface area contributed by atoms with E-state index in [1.807, 2.05) is 4.72 Å². The first-order valence-corrected chi connectivity index (χ1v) is 7.99. The molecule has 2 aromatic rings. The Morgan fingerprint density at radius 3 is 2.30 bits per heavy atom. The molecule has 126 valence electrons. The van der Waals surface area contributed by atoms with Crippen molar-refractivity contribution >= 4 is 15.7 Å². The summed E-state index contributed by atoms with van der Waals surface area (Å²) in [5, 5.41) is 3.97. The van der Waals surface area contributed by atoms with Crippen molar-refractivity contribution in [1.82, 2.24) is 14.8 Å². The summed E-state index contributed by atoms with van der Waals surface area (Å²) in [4.78, 5) is 3.12. The Labute approximate surface area is 131 Å². The molecule has 0 aliphatic carbocycles. The van der Waals surface area contributed by atoms with Crippen LogP contribution in [-0.4, -0.2) is 23.2 Å². The number of anilines is 1. The molecule has 2 aromatic heterocycles. The summed E-state index contributed by atoms with van der Waals surface area (Å²) in [7, 11) is -2.68. The van der Waals surface area contributed by atoms with Gasteiger partial charge in [0.1, 0.15) is 4.90 Å². The quantitative estimate of drug-likeness (QED) is 0.925. The zero-order valence-electron chi connectivity index (χ0n) is 12.9. The maximum absolute atomic E-state index is 13.1. The second kappa shape index (κ2) is 5.52. The predicted octanol–water partition coefficient (Wildman–Crippen LogP) is 2.56. The molecular formula is C13H15F3N4O2S. The number of nitrogens with one attached hydrogen (secondary N) is 1. The van der Waals surface area contributed by atoms with Crippen LogP contribution < -0.4 is 4.72 Å². The molecule has 0 unspecified atom stereocenters. The molecular weight excluding hydrogens is 333 g/mol. The molecule has 0 radical (unpaired) electrons. The van der Waals surface area contributed by atoms with Crippen molar-refractivity contribution in [3.05, 3.63) is 34.9 Å². The summed E-state index contributed by atoms with van der Waals surface area (Å²) in [6.45, 7) is 4.37. The number of sulfonamides is 1. The van der Waals surface area contributed by atoms with Crippen molar-refractivity contribution in [2.75, 3.05) is 4.72 Å². The highest BCUT2D eigenvalue weighted by Crippen LogP contribution is 2.36. The van der Waals surface area contributed by atoms with E-state index < -0.39 is 27.6 Å². The van der Waals surface area contributed by atoms with Crippen molar-refractivity contribution in [3.8, 4) is 0 Å². The molecule has 23 heavy (non-hydrogen) atoms. The van der Waals surface area contributed by atoms with Crippen LogP contribution in [0.2, 0.25) is 0 Å². The van der Waals surface area contributed by atoms with Crippen LogP contribution in [0.3, 0.4) is 0 Å². The molecule has 10 heteroatoms. The molecule has 0 bridgehead atoms.